The molecule has 0 aromatic rings. The smallest absolute Gasteiger partial charge is 0.469 e. The van der Waals surface area contributed by atoms with Crippen LogP contribution in [0.25, 0.3) is 0 Å². The molecule has 4 N–H and O–H groups in total. The Hall–Kier alpha value is -0.500. The topological polar surface area (TPSA) is 119 Å². The molecule has 8 nitrogen and oxygen atoms in total. The summed E-state index contributed by atoms with van der Waals surface area (Å²) >= 11 is 0. The second-order valence-corrected chi connectivity index (χ2v) is 8.88. The maximum absolute atomic E-state index is 11.7. The van der Waals surface area contributed by atoms with Crippen LogP contribution in [0.15, 0.2) is 0 Å². The lowest BCUT2D eigenvalue weighted by atomic mass is 10.0. The number of phosphoric ester groups is 1. The van der Waals surface area contributed by atoms with Crippen molar-refractivity contribution in [3.05, 3.63) is 0 Å². The summed E-state index contributed by atoms with van der Waals surface area (Å²) < 4.78 is 15.4. The van der Waals surface area contributed by atoms with Gasteiger partial charge in [-0.3, -0.25) is 14.7 Å². The average Bonchev–Trinajstić information content (AvgIpc) is 2.60. The molecule has 0 saturated heterocycles. The molecule has 28 heavy (non-hydrogen) atoms. The van der Waals surface area contributed by atoms with Crippen LogP contribution in [0.5, 0.6) is 0 Å². The molecular formula is C19H41N2O6P. The largest absolute Gasteiger partial charge is 0.479 e. The van der Waals surface area contributed by atoms with Crippen molar-refractivity contribution in [3.63, 3.8) is 0 Å². The van der Waals surface area contributed by atoms with E-state index in [1.54, 1.807) is 0 Å². The van der Waals surface area contributed by atoms with Gasteiger partial charge in [-0.25, -0.2) is 9.36 Å². The maximum Gasteiger partial charge on any atom is 0.469 e. The van der Waals surface area contributed by atoms with Gasteiger partial charge in [0.15, 0.2) is 5.66 Å². The normalized spacial score (nSPS) is 14.4. The third-order valence-corrected chi connectivity index (χ3v) is 5.47. The molecule has 0 bridgehead atoms. The summed E-state index contributed by atoms with van der Waals surface area (Å²) in [4.78, 5) is 30.8. The van der Waals surface area contributed by atoms with Crippen LogP contribution in [-0.2, 0) is 13.9 Å². The number of carboxylic acids is 1. The molecule has 0 aliphatic rings. The molecule has 0 rings (SSSR count). The molecular weight excluding hydrogens is 383 g/mol. The van der Waals surface area contributed by atoms with Crippen LogP contribution in [0.3, 0.4) is 0 Å². The highest BCUT2D eigenvalue weighted by molar-refractivity contribution is 7.46. The SMILES string of the molecule is CCCCCCCCCCCCCCN[C@@](COP(=O)(O)O)(C(=O)O)N(C)C. The number of rotatable bonds is 19. The zero-order chi connectivity index (χ0) is 21.5. The van der Waals surface area contributed by atoms with Crippen LogP contribution in [0.4, 0.5) is 0 Å². The van der Waals surface area contributed by atoms with E-state index in [9.17, 15) is 14.5 Å². The number of likely N-dealkylation sites (N-methyl/N-ethyl adjacent to an activating group) is 1. The number of nitrogens with zero attached hydrogens (tertiary/aromatic N) is 1. The van der Waals surface area contributed by atoms with Gasteiger partial charge in [-0.15, -0.1) is 0 Å². The fourth-order valence-corrected chi connectivity index (χ4v) is 3.46. The third kappa shape index (κ3) is 12.9. The molecule has 0 amide bonds. The number of carbonyl (C=O) groups is 1. The van der Waals surface area contributed by atoms with Crippen LogP contribution in [0.1, 0.15) is 84.0 Å². The number of phosphoric acid groups is 1. The summed E-state index contributed by atoms with van der Waals surface area (Å²) in [5.74, 6) is -1.23. The third-order valence-electron chi connectivity index (χ3n) is 5.01. The molecule has 0 saturated carbocycles. The van der Waals surface area contributed by atoms with Crippen LogP contribution in [0, 0.1) is 0 Å². The van der Waals surface area contributed by atoms with Crippen LogP contribution >= 0.6 is 7.82 Å². The van der Waals surface area contributed by atoms with E-state index in [4.69, 9.17) is 9.79 Å². The first-order valence-corrected chi connectivity index (χ1v) is 12.0. The van der Waals surface area contributed by atoms with Gasteiger partial charge in [0.05, 0.1) is 0 Å². The quantitative estimate of drug-likeness (QED) is 0.141. The molecule has 0 heterocycles. The van der Waals surface area contributed by atoms with Crippen molar-refractivity contribution in [1.29, 1.82) is 0 Å². The molecule has 0 aliphatic heterocycles. The predicted octanol–water partition coefficient (Wildman–Crippen LogP) is 3.73. The standard InChI is InChI=1S/C19H41N2O6P/c1-4-5-6-7-8-9-10-11-12-13-14-15-16-20-19(18(22)23,21(2)3)17-27-28(24,25)26/h20H,4-17H2,1-3H3,(H,22,23)(H2,24,25,26)/t19-/m1/s1. The van der Waals surface area contributed by atoms with E-state index in [2.05, 4.69) is 16.8 Å². The second-order valence-electron chi connectivity index (χ2n) is 7.64. The minimum Gasteiger partial charge on any atom is -0.479 e. The molecule has 0 radical (unpaired) electrons. The lowest BCUT2D eigenvalue weighted by molar-refractivity contribution is -0.155. The van der Waals surface area contributed by atoms with E-state index in [0.29, 0.717) is 6.54 Å². The molecule has 0 fully saturated rings. The Labute approximate surface area is 170 Å². The van der Waals surface area contributed by atoms with Crippen LogP contribution in [-0.4, -0.2) is 58.7 Å². The number of aliphatic carboxylic acids is 1. The molecule has 168 valence electrons. The number of unbranched alkanes of at least 4 members (excludes halogenated alkanes) is 11. The van der Waals surface area contributed by atoms with Gasteiger partial charge in [-0.05, 0) is 27.1 Å². The Balaban J connectivity index is 3.97. The van der Waals surface area contributed by atoms with Crippen molar-refractivity contribution in [2.24, 2.45) is 0 Å². The fraction of sp³-hybridized carbons (Fsp3) is 0.947. The molecule has 9 heteroatoms. The van der Waals surface area contributed by atoms with Crippen molar-refractivity contribution in [2.75, 3.05) is 27.2 Å². The van der Waals surface area contributed by atoms with E-state index >= 15 is 0 Å². The van der Waals surface area contributed by atoms with Crippen molar-refractivity contribution in [3.8, 4) is 0 Å². The van der Waals surface area contributed by atoms with E-state index in [1.165, 1.54) is 76.8 Å². The van der Waals surface area contributed by atoms with Crippen LogP contribution < -0.4 is 5.32 Å². The highest BCUT2D eigenvalue weighted by Gasteiger charge is 2.42. The molecule has 0 unspecified atom stereocenters. The summed E-state index contributed by atoms with van der Waals surface area (Å²) in [6.07, 6.45) is 14.6. The van der Waals surface area contributed by atoms with Gasteiger partial charge in [0.25, 0.3) is 0 Å². The number of hydrogen-bond donors (Lipinski definition) is 4. The minimum atomic E-state index is -4.74. The lowest BCUT2D eigenvalue weighted by Gasteiger charge is -2.36. The Morgan fingerprint density at radius 1 is 0.929 bits per heavy atom. The summed E-state index contributed by atoms with van der Waals surface area (Å²) in [5.41, 5.74) is -1.67. The highest BCUT2D eigenvalue weighted by atomic mass is 31.2. The first kappa shape index (κ1) is 27.5. The zero-order valence-corrected chi connectivity index (χ0v) is 18.8. The Morgan fingerprint density at radius 2 is 1.36 bits per heavy atom. The van der Waals surface area contributed by atoms with E-state index < -0.39 is 26.1 Å². The van der Waals surface area contributed by atoms with Gasteiger partial charge < -0.3 is 14.9 Å². The molecule has 0 spiro atoms. The summed E-state index contributed by atoms with van der Waals surface area (Å²) in [7, 11) is -1.67. The molecule has 0 aromatic heterocycles. The van der Waals surface area contributed by atoms with Crippen molar-refractivity contribution in [1.82, 2.24) is 10.2 Å². The lowest BCUT2D eigenvalue weighted by Crippen LogP contribution is -2.64. The number of carboxylic acid groups (broad SMARTS) is 1. The predicted molar refractivity (Wildman–Crippen MR) is 111 cm³/mol. The Morgan fingerprint density at radius 3 is 1.71 bits per heavy atom. The fourth-order valence-electron chi connectivity index (χ4n) is 3.11. The van der Waals surface area contributed by atoms with Gasteiger partial charge in [0.1, 0.15) is 6.61 Å². The highest BCUT2D eigenvalue weighted by Crippen LogP contribution is 2.37. The Kier molecular flexibility index (Phi) is 15.1. The first-order chi connectivity index (χ1) is 13.2. The van der Waals surface area contributed by atoms with Gasteiger partial charge in [-0.2, -0.15) is 0 Å². The van der Waals surface area contributed by atoms with E-state index in [1.807, 2.05) is 0 Å². The van der Waals surface area contributed by atoms with Crippen molar-refractivity contribution in [2.45, 2.75) is 89.6 Å². The Bertz CT molecular complexity index is 458. The number of nitrogens with one attached hydrogen (secondary N) is 1. The summed E-state index contributed by atoms with van der Waals surface area (Å²) in [5, 5.41) is 12.4. The monoisotopic (exact) mass is 424 g/mol. The van der Waals surface area contributed by atoms with Gasteiger partial charge in [-0.1, -0.05) is 77.6 Å². The average molecular weight is 425 g/mol. The number of hydrogen-bond acceptors (Lipinski definition) is 5. The molecule has 0 aromatic carbocycles. The van der Waals surface area contributed by atoms with Gasteiger partial charge >= 0.3 is 13.8 Å². The first-order valence-electron chi connectivity index (χ1n) is 10.5. The van der Waals surface area contributed by atoms with Crippen LogP contribution in [0.2, 0.25) is 0 Å². The molecule has 1 atom stereocenters. The second kappa shape index (κ2) is 15.4. The minimum absolute atomic E-state index is 0.437. The van der Waals surface area contributed by atoms with Gasteiger partial charge in [0.2, 0.25) is 0 Å². The molecule has 0 aliphatic carbocycles. The van der Waals surface area contributed by atoms with E-state index in [0.717, 1.165) is 19.3 Å². The van der Waals surface area contributed by atoms with E-state index in [-0.39, 0.29) is 0 Å². The maximum atomic E-state index is 11.7. The zero-order valence-electron chi connectivity index (χ0n) is 17.9. The van der Waals surface area contributed by atoms with Crippen molar-refractivity contribution < 1.29 is 28.8 Å². The summed E-state index contributed by atoms with van der Waals surface area (Å²) in [6.45, 7) is 2.03. The van der Waals surface area contributed by atoms with Gasteiger partial charge in [0, 0.05) is 0 Å². The summed E-state index contributed by atoms with van der Waals surface area (Å²) in [6, 6.07) is 0. The van der Waals surface area contributed by atoms with Crippen molar-refractivity contribution >= 4 is 13.8 Å².